The Bertz CT molecular complexity index is 6810. The molecule has 0 aliphatic carbocycles. The fraction of sp³-hybridized carbons (Fsp3) is 0.0776. The summed E-state index contributed by atoms with van der Waals surface area (Å²) in [7, 11) is -5.80. The molecule has 1 aromatic heterocycles. The average molecular weight is 1870 g/mol. The summed E-state index contributed by atoms with van der Waals surface area (Å²) < 4.78 is 125. The second kappa shape index (κ2) is 44.4. The number of halogens is 4. The van der Waals surface area contributed by atoms with Crippen LogP contribution in [-0.4, -0.2) is 64.6 Å². The fourth-order valence-corrected chi connectivity index (χ4v) is 23.3. The maximum absolute atomic E-state index is 16.0. The molecule has 137 heavy (non-hydrogen) atoms. The minimum atomic E-state index is -4.70. The monoisotopic (exact) mass is 1870 g/mol. The van der Waals surface area contributed by atoms with Gasteiger partial charge in [0.2, 0.25) is 0 Å². The molecule has 0 fully saturated rings. The molecule has 0 radical (unpaired) electrons. The zero-order valence-electron chi connectivity index (χ0n) is 75.6. The molecule has 15 aromatic carbocycles. The Hall–Kier alpha value is -15.1. The zero-order valence-corrected chi connectivity index (χ0v) is 78.6. The van der Waals surface area contributed by atoms with Crippen LogP contribution < -0.4 is 39.6 Å². The van der Waals surface area contributed by atoms with Crippen molar-refractivity contribution in [2.24, 2.45) is 0 Å². The van der Waals surface area contributed by atoms with Gasteiger partial charge in [-0.25, -0.2) is 17.6 Å². The molecule has 0 saturated heterocycles. The van der Waals surface area contributed by atoms with Gasteiger partial charge in [0.25, 0.3) is 0 Å². The van der Waals surface area contributed by atoms with Gasteiger partial charge in [-0.15, -0.1) is 0 Å². The summed E-state index contributed by atoms with van der Waals surface area (Å²) in [5.74, 6) is -3.94. The number of nitrogens with zero attached hydrogens (tertiary/aromatic N) is 3. The Morgan fingerprint density at radius 1 is 0.307 bits per heavy atom. The third-order valence-electron chi connectivity index (χ3n) is 23.1. The molecule has 682 valence electrons. The van der Waals surface area contributed by atoms with E-state index in [0.717, 1.165) is 106 Å². The number of para-hydroxylation sites is 4. The SMILES string of the molecule is CO[Si](OC)(OC)c1ccc(COc2ccc(C=Cc3ccc(C=Cc4cc5nc(c4)CO[Si](OC)(c4ccc(COc6c(F)cc(C=Cc7ccc(C=Cc8ccc(N(c9ccccc9)c9ccccc9)cc8)cc7)cc6F)cc4)O[Si](O)(c4ccc(COc6c(F)cc(C=Cc7ccc(C=Cc8ccc(N(c9ccccc9)c9ccccc9)cc8)cc7)cc6F)cc4)OC5)cc3)cc2)cc1. The van der Waals surface area contributed by atoms with E-state index in [0.29, 0.717) is 45.4 Å². The predicted molar refractivity (Wildman–Crippen MR) is 548 cm³/mol. The van der Waals surface area contributed by atoms with Crippen LogP contribution in [0.1, 0.15) is 94.8 Å². The van der Waals surface area contributed by atoms with Crippen LogP contribution >= 0.6 is 0 Å². The highest BCUT2D eigenvalue weighted by atomic mass is 28.5. The summed E-state index contributed by atoms with van der Waals surface area (Å²) in [6, 6.07) is 119. The van der Waals surface area contributed by atoms with Crippen molar-refractivity contribution in [3.8, 4) is 17.2 Å². The number of hydrogen-bond acceptors (Lipinski definition) is 14. The van der Waals surface area contributed by atoms with Gasteiger partial charge in [0.1, 0.15) is 25.6 Å². The summed E-state index contributed by atoms with van der Waals surface area (Å²) in [4.78, 5) is 22.5. The molecule has 2 heterocycles. The lowest BCUT2D eigenvalue weighted by atomic mass is 10.1. The summed E-state index contributed by atoms with van der Waals surface area (Å²) in [5.41, 5.74) is 19.3. The fourth-order valence-electron chi connectivity index (χ4n) is 15.8. The molecule has 0 amide bonds. The molecule has 2 unspecified atom stereocenters. The number of anilines is 6. The largest absolute Gasteiger partial charge is 0.536 e. The minimum absolute atomic E-state index is 0.135. The number of benzene rings is 15. The van der Waals surface area contributed by atoms with Crippen molar-refractivity contribution in [3.63, 3.8) is 0 Å². The molecule has 2 bridgehead atoms. The first-order valence-corrected chi connectivity index (χ1v) is 49.8. The van der Waals surface area contributed by atoms with Crippen LogP contribution in [0, 0.1) is 23.3 Å². The van der Waals surface area contributed by atoms with Crippen LogP contribution in [0.15, 0.2) is 376 Å². The summed E-state index contributed by atoms with van der Waals surface area (Å²) in [5, 5.41) is 1.49. The molecule has 16 aromatic rings. The van der Waals surface area contributed by atoms with E-state index in [4.69, 9.17) is 49.9 Å². The molecule has 1 aliphatic heterocycles. The molecule has 0 spiro atoms. The number of rotatable bonds is 34. The molecule has 17 rings (SSSR count). The molecule has 21 heteroatoms. The average Bonchev–Trinajstić information content (AvgIpc) is 0.765. The van der Waals surface area contributed by atoms with Gasteiger partial charge < -0.3 is 59.5 Å². The third kappa shape index (κ3) is 23.8. The quantitative estimate of drug-likeness (QED) is 0.0233. The van der Waals surface area contributed by atoms with E-state index in [1.54, 1.807) is 94.2 Å². The second-order valence-corrected chi connectivity index (χ2v) is 40.6. The Morgan fingerprint density at radius 2 is 0.577 bits per heavy atom. The summed E-state index contributed by atoms with van der Waals surface area (Å²) in [6.07, 6.45) is 23.1. The van der Waals surface area contributed by atoms with Crippen molar-refractivity contribution < 1.29 is 67.2 Å². The Kier molecular flexibility index (Phi) is 30.4. The van der Waals surface area contributed by atoms with E-state index in [9.17, 15) is 4.80 Å². The lowest BCUT2D eigenvalue weighted by molar-refractivity contribution is 0.0785. The number of aromatic nitrogens is 1. The van der Waals surface area contributed by atoms with Crippen molar-refractivity contribution in [2.45, 2.75) is 33.0 Å². The van der Waals surface area contributed by atoms with Gasteiger partial charge in [-0.05, 0) is 205 Å². The molecule has 0 saturated carbocycles. The van der Waals surface area contributed by atoms with E-state index in [-0.39, 0.29) is 31.6 Å². The summed E-state index contributed by atoms with van der Waals surface area (Å²) in [6.45, 7) is -0.450. The maximum Gasteiger partial charge on any atom is 0.536 e. The maximum atomic E-state index is 16.0. The Morgan fingerprint density at radius 3 is 0.898 bits per heavy atom. The minimum Gasteiger partial charge on any atom is -0.489 e. The normalized spacial score (nSPS) is 14.7. The predicted octanol–water partition coefficient (Wildman–Crippen LogP) is 25.8. The highest BCUT2D eigenvalue weighted by molar-refractivity contribution is 6.87. The first-order chi connectivity index (χ1) is 67.0. The number of fused-ring (bicyclic) bond motifs is 2. The topological polar surface area (TPSA) is 132 Å². The van der Waals surface area contributed by atoms with Gasteiger partial charge in [-0.2, -0.15) is 0 Å². The van der Waals surface area contributed by atoms with Crippen molar-refractivity contribution in [2.75, 3.05) is 38.2 Å². The van der Waals surface area contributed by atoms with Gasteiger partial charge in [0, 0.05) is 78.1 Å². The van der Waals surface area contributed by atoms with Crippen LogP contribution in [0.25, 0.3) is 72.9 Å². The lowest BCUT2D eigenvalue weighted by Crippen LogP contribution is -2.67. The molecular weight excluding hydrogens is 1770 g/mol. The van der Waals surface area contributed by atoms with E-state index in [1.165, 1.54) is 31.4 Å². The van der Waals surface area contributed by atoms with Crippen LogP contribution in [0.3, 0.4) is 0 Å². The van der Waals surface area contributed by atoms with E-state index < -0.39 is 61.2 Å². The smallest absolute Gasteiger partial charge is 0.489 e. The molecule has 1 aliphatic rings. The first kappa shape index (κ1) is 93.7. The molecule has 14 nitrogen and oxygen atoms in total. The zero-order chi connectivity index (χ0) is 94.3. The van der Waals surface area contributed by atoms with E-state index in [2.05, 4.69) is 119 Å². The van der Waals surface area contributed by atoms with Gasteiger partial charge in [-0.3, -0.25) is 4.98 Å². The van der Waals surface area contributed by atoms with Crippen molar-refractivity contribution in [1.29, 1.82) is 0 Å². The highest BCUT2D eigenvalue weighted by Crippen LogP contribution is 2.38. The first-order valence-electron chi connectivity index (χ1n) is 44.6. The van der Waals surface area contributed by atoms with E-state index in [1.807, 2.05) is 243 Å². The third-order valence-corrected chi connectivity index (χ3v) is 31.7. The van der Waals surface area contributed by atoms with Crippen LogP contribution in [0.5, 0.6) is 17.2 Å². The van der Waals surface area contributed by atoms with Gasteiger partial charge >= 0.3 is 26.4 Å². The van der Waals surface area contributed by atoms with Crippen molar-refractivity contribution in [1.82, 2.24) is 4.98 Å². The van der Waals surface area contributed by atoms with Crippen LogP contribution in [0.4, 0.5) is 51.7 Å². The number of pyridine rings is 1. The standard InChI is InChI=1S/C116H97F4N3O11Si3/c1-125-136(126-2,127-3)109-69-57-93(58-70-109)79-129-107-65-53-92(54-66-107)42-39-86-25-31-87(32-26-86)43-46-96-73-99-82-132-135(124,108-67-55-94(56-68-108)80-130-115-111(117)75-97(76-112(115)118)47-44-88-33-27-84(28-34-88)37-40-90-49-61-105(62-50-90)122(101-17-9-5-10-18-101)102-19-11-6-12-20-102)134-137(128-4,133-83-100(74-96)121-99)110-71-59-95(60-72-110)81-131-116-113(119)77-98(78-114(116)120)48-45-89-35-29-85(30-36-89)38-41-91-51-63-106(64-52-91)123(103-21-13-7-14-22-103)104-23-15-8-16-24-104/h5-78,124H,79-83H2,1-4H3. The van der Waals surface area contributed by atoms with Crippen LogP contribution in [0.2, 0.25) is 0 Å². The molecule has 2 atom stereocenters. The van der Waals surface area contributed by atoms with E-state index >= 15 is 17.6 Å². The lowest BCUT2D eigenvalue weighted by Gasteiger charge is -2.36. The van der Waals surface area contributed by atoms with Crippen LogP contribution in [-0.2, 0) is 63.7 Å². The van der Waals surface area contributed by atoms with Crippen molar-refractivity contribution in [3.05, 3.63) is 494 Å². The second-order valence-electron chi connectivity index (χ2n) is 32.4. The van der Waals surface area contributed by atoms with Gasteiger partial charge in [-0.1, -0.05) is 328 Å². The number of hydrogen-bond donors (Lipinski definition) is 1. The summed E-state index contributed by atoms with van der Waals surface area (Å²) >= 11 is 0. The molecule has 1 N–H and O–H groups in total. The van der Waals surface area contributed by atoms with Crippen molar-refractivity contribution >= 4 is 149 Å². The Balaban J connectivity index is 0.552. The Labute approximate surface area is 798 Å². The molecular formula is C116H97F4N3O11Si3. The van der Waals surface area contributed by atoms with Gasteiger partial charge in [0.05, 0.1) is 24.6 Å². The van der Waals surface area contributed by atoms with Gasteiger partial charge in [0.15, 0.2) is 34.8 Å². The number of ether oxygens (including phenoxy) is 3. The highest BCUT2D eigenvalue weighted by Gasteiger charge is 2.55.